The Morgan fingerprint density at radius 1 is 0.833 bits per heavy atom. The second-order valence-corrected chi connectivity index (χ2v) is 5.19. The van der Waals surface area contributed by atoms with Gasteiger partial charge in [-0.15, -0.1) is 0 Å². The Morgan fingerprint density at radius 3 is 2.17 bits per heavy atom. The van der Waals surface area contributed by atoms with Gasteiger partial charge in [0.15, 0.2) is 0 Å². The lowest BCUT2D eigenvalue weighted by molar-refractivity contribution is 0.416. The van der Waals surface area contributed by atoms with Gasteiger partial charge in [0, 0.05) is 11.1 Å². The molecule has 0 radical (unpaired) electrons. The zero-order valence-corrected chi connectivity index (χ0v) is 12.3. The van der Waals surface area contributed by atoms with Crippen LogP contribution >= 0.6 is 46.4 Å². The van der Waals surface area contributed by atoms with Crippen molar-refractivity contribution >= 4 is 46.4 Å². The normalized spacial score (nSPS) is 10.5. The summed E-state index contributed by atoms with van der Waals surface area (Å²) in [5, 5.41) is 1.82. The molecule has 18 heavy (non-hydrogen) atoms. The second-order valence-electron chi connectivity index (χ2n) is 3.56. The van der Waals surface area contributed by atoms with Gasteiger partial charge in [0.25, 0.3) is 0 Å². The minimum Gasteiger partial charge on any atom is -0.496 e. The molecule has 0 saturated heterocycles. The van der Waals surface area contributed by atoms with Crippen LogP contribution in [0.25, 0.3) is 11.1 Å². The van der Waals surface area contributed by atoms with Gasteiger partial charge in [0.1, 0.15) is 5.75 Å². The summed E-state index contributed by atoms with van der Waals surface area (Å²) in [7, 11) is 1.57. The van der Waals surface area contributed by atoms with Crippen LogP contribution in [-0.2, 0) is 0 Å². The highest BCUT2D eigenvalue weighted by Crippen LogP contribution is 2.42. The van der Waals surface area contributed by atoms with Gasteiger partial charge < -0.3 is 4.74 Å². The third-order valence-corrected chi connectivity index (χ3v) is 3.82. The molecule has 0 unspecified atom stereocenters. The Labute approximate surface area is 125 Å². The molecule has 94 valence electrons. The van der Waals surface area contributed by atoms with Gasteiger partial charge >= 0.3 is 0 Å². The van der Waals surface area contributed by atoms with Gasteiger partial charge in [-0.25, -0.2) is 0 Å². The van der Waals surface area contributed by atoms with E-state index in [0.29, 0.717) is 37.0 Å². The van der Waals surface area contributed by atoms with Crippen LogP contribution in [0.1, 0.15) is 0 Å². The highest BCUT2D eigenvalue weighted by atomic mass is 35.5. The largest absolute Gasteiger partial charge is 0.496 e. The average molecular weight is 322 g/mol. The molecule has 2 aromatic rings. The molecule has 2 aromatic carbocycles. The predicted molar refractivity (Wildman–Crippen MR) is 78.5 cm³/mol. The van der Waals surface area contributed by atoms with Crippen molar-refractivity contribution in [2.75, 3.05) is 7.11 Å². The Kier molecular flexibility index (Phi) is 4.29. The van der Waals surface area contributed by atoms with Gasteiger partial charge in [-0.2, -0.15) is 0 Å². The molecule has 0 aliphatic carbocycles. The first-order chi connectivity index (χ1) is 8.54. The van der Waals surface area contributed by atoms with E-state index in [1.807, 2.05) is 0 Å². The van der Waals surface area contributed by atoms with Crippen molar-refractivity contribution in [1.82, 2.24) is 0 Å². The molecule has 0 saturated carbocycles. The van der Waals surface area contributed by atoms with E-state index in [0.717, 1.165) is 0 Å². The van der Waals surface area contributed by atoms with Gasteiger partial charge in [0.2, 0.25) is 0 Å². The van der Waals surface area contributed by atoms with Crippen molar-refractivity contribution in [2.45, 2.75) is 0 Å². The van der Waals surface area contributed by atoms with Crippen LogP contribution < -0.4 is 4.74 Å². The molecule has 0 N–H and O–H groups in total. The highest BCUT2D eigenvalue weighted by Gasteiger charge is 2.15. The van der Waals surface area contributed by atoms with E-state index in [4.69, 9.17) is 51.1 Å². The number of ether oxygens (including phenoxy) is 1. The van der Waals surface area contributed by atoms with Crippen molar-refractivity contribution in [3.63, 3.8) is 0 Å². The summed E-state index contributed by atoms with van der Waals surface area (Å²) in [6.45, 7) is 0. The summed E-state index contributed by atoms with van der Waals surface area (Å²) in [6, 6.07) is 8.63. The topological polar surface area (TPSA) is 9.23 Å². The summed E-state index contributed by atoms with van der Waals surface area (Å²) in [5.41, 5.74) is 1.39. The number of hydrogen-bond donors (Lipinski definition) is 0. The summed E-state index contributed by atoms with van der Waals surface area (Å²) >= 11 is 24.3. The molecule has 0 amide bonds. The molecule has 2 rings (SSSR count). The van der Waals surface area contributed by atoms with E-state index < -0.39 is 0 Å². The van der Waals surface area contributed by atoms with Crippen LogP contribution in [0, 0.1) is 0 Å². The van der Waals surface area contributed by atoms with Crippen LogP contribution in [0.15, 0.2) is 30.3 Å². The molecule has 0 aromatic heterocycles. The first-order valence-corrected chi connectivity index (χ1v) is 6.53. The van der Waals surface area contributed by atoms with E-state index >= 15 is 0 Å². The van der Waals surface area contributed by atoms with Crippen molar-refractivity contribution in [3.05, 3.63) is 50.4 Å². The lowest BCUT2D eigenvalue weighted by atomic mass is 10.0. The van der Waals surface area contributed by atoms with Crippen LogP contribution in [0.3, 0.4) is 0 Å². The maximum atomic E-state index is 6.19. The minimum absolute atomic E-state index is 0.399. The predicted octanol–water partition coefficient (Wildman–Crippen LogP) is 5.98. The molecule has 5 heteroatoms. The number of rotatable bonds is 2. The number of hydrogen-bond acceptors (Lipinski definition) is 1. The first kappa shape index (κ1) is 13.8. The Morgan fingerprint density at radius 2 is 1.50 bits per heavy atom. The molecule has 0 aliphatic rings. The fourth-order valence-corrected chi connectivity index (χ4v) is 2.56. The molecule has 0 atom stereocenters. The van der Waals surface area contributed by atoms with Crippen LogP contribution in [0.5, 0.6) is 5.75 Å². The van der Waals surface area contributed by atoms with E-state index in [-0.39, 0.29) is 0 Å². The minimum atomic E-state index is 0.399. The maximum Gasteiger partial charge on any atom is 0.128 e. The van der Waals surface area contributed by atoms with E-state index in [9.17, 15) is 0 Å². The SMILES string of the molecule is COc1cccc(Cl)c1-c1cc(Cl)c(Cl)cc1Cl. The van der Waals surface area contributed by atoms with Gasteiger partial charge in [-0.1, -0.05) is 52.5 Å². The summed E-state index contributed by atoms with van der Waals surface area (Å²) in [4.78, 5) is 0. The van der Waals surface area contributed by atoms with Crippen LogP contribution in [-0.4, -0.2) is 7.11 Å². The van der Waals surface area contributed by atoms with Crippen molar-refractivity contribution in [1.29, 1.82) is 0 Å². The quantitative estimate of drug-likeness (QED) is 0.618. The third kappa shape index (κ3) is 2.55. The fourth-order valence-electron chi connectivity index (χ4n) is 1.65. The molecule has 1 nitrogen and oxygen atoms in total. The molecular weight excluding hydrogens is 314 g/mol. The Balaban J connectivity index is 2.73. The fraction of sp³-hybridized carbons (Fsp3) is 0.0769. The second kappa shape index (κ2) is 5.58. The van der Waals surface area contributed by atoms with Crippen molar-refractivity contribution < 1.29 is 4.74 Å². The maximum absolute atomic E-state index is 6.19. The molecule has 0 spiro atoms. The zero-order valence-electron chi connectivity index (χ0n) is 9.31. The van der Waals surface area contributed by atoms with Crippen molar-refractivity contribution in [3.8, 4) is 16.9 Å². The first-order valence-electron chi connectivity index (χ1n) is 5.02. The Hall–Kier alpha value is -0.600. The van der Waals surface area contributed by atoms with E-state index in [1.54, 1.807) is 37.4 Å². The smallest absolute Gasteiger partial charge is 0.128 e. The van der Waals surface area contributed by atoms with E-state index in [1.165, 1.54) is 0 Å². The number of methoxy groups -OCH3 is 1. The standard InChI is InChI=1S/C13H8Cl4O/c1-18-12-4-2-3-8(14)13(12)7-5-10(16)11(17)6-9(7)15/h2-6H,1H3. The Bertz CT molecular complexity index is 596. The lowest BCUT2D eigenvalue weighted by Crippen LogP contribution is -1.90. The zero-order chi connectivity index (χ0) is 13.3. The molecule has 0 bridgehead atoms. The van der Waals surface area contributed by atoms with Gasteiger partial charge in [-0.3, -0.25) is 0 Å². The van der Waals surface area contributed by atoms with Gasteiger partial charge in [-0.05, 0) is 24.3 Å². The third-order valence-electron chi connectivity index (χ3n) is 2.47. The molecule has 0 fully saturated rings. The van der Waals surface area contributed by atoms with E-state index in [2.05, 4.69) is 0 Å². The summed E-state index contributed by atoms with van der Waals surface area (Å²) in [6.07, 6.45) is 0. The summed E-state index contributed by atoms with van der Waals surface area (Å²) < 4.78 is 5.29. The number of halogens is 4. The van der Waals surface area contributed by atoms with Crippen LogP contribution in [0.4, 0.5) is 0 Å². The van der Waals surface area contributed by atoms with Crippen LogP contribution in [0.2, 0.25) is 20.1 Å². The lowest BCUT2D eigenvalue weighted by Gasteiger charge is -2.12. The highest BCUT2D eigenvalue weighted by molar-refractivity contribution is 6.44. The summed E-state index contributed by atoms with van der Waals surface area (Å²) in [5.74, 6) is 0.628. The molecule has 0 aliphatic heterocycles. The number of benzene rings is 2. The van der Waals surface area contributed by atoms with Crippen molar-refractivity contribution in [2.24, 2.45) is 0 Å². The average Bonchev–Trinajstić information content (AvgIpc) is 2.34. The van der Waals surface area contributed by atoms with Gasteiger partial charge in [0.05, 0.1) is 27.2 Å². The monoisotopic (exact) mass is 320 g/mol. The molecular formula is C13H8Cl4O. The molecule has 0 heterocycles.